The molecule has 0 spiro atoms. The number of hydrogen-bond donors (Lipinski definition) is 1. The standard InChI is InChI=1S/C14H17F5N2O/c15-13(16)9-12(21-6-4-20-5-7-21)10-2-1-3-11(8-10)22-14(17,18)19/h1-3,8,12-13,20H,4-7,9H2/t12-/m1/s1. The molecule has 22 heavy (non-hydrogen) atoms. The summed E-state index contributed by atoms with van der Waals surface area (Å²) in [5, 5.41) is 3.11. The van der Waals surface area contributed by atoms with Crippen LogP contribution in [0.15, 0.2) is 24.3 Å². The van der Waals surface area contributed by atoms with Crippen molar-refractivity contribution in [1.82, 2.24) is 10.2 Å². The van der Waals surface area contributed by atoms with E-state index in [4.69, 9.17) is 0 Å². The van der Waals surface area contributed by atoms with Crippen LogP contribution in [0.3, 0.4) is 0 Å². The molecule has 0 aromatic heterocycles. The highest BCUT2D eigenvalue weighted by Gasteiger charge is 2.32. The Balaban J connectivity index is 2.20. The van der Waals surface area contributed by atoms with Gasteiger partial charge in [-0.15, -0.1) is 13.2 Å². The molecule has 1 aliphatic rings. The lowest BCUT2D eigenvalue weighted by Gasteiger charge is -2.35. The Kier molecular flexibility index (Phi) is 5.57. The second kappa shape index (κ2) is 7.23. The first-order valence-electron chi connectivity index (χ1n) is 6.94. The van der Waals surface area contributed by atoms with Gasteiger partial charge in [-0.1, -0.05) is 12.1 Å². The zero-order chi connectivity index (χ0) is 16.2. The molecule has 0 unspecified atom stereocenters. The van der Waals surface area contributed by atoms with E-state index in [-0.39, 0.29) is 5.75 Å². The zero-order valence-electron chi connectivity index (χ0n) is 11.7. The van der Waals surface area contributed by atoms with Crippen LogP contribution in [0.1, 0.15) is 18.0 Å². The Hall–Kier alpha value is -1.41. The Morgan fingerprint density at radius 3 is 2.45 bits per heavy atom. The zero-order valence-corrected chi connectivity index (χ0v) is 11.7. The Morgan fingerprint density at radius 2 is 1.86 bits per heavy atom. The fourth-order valence-corrected chi connectivity index (χ4v) is 2.58. The van der Waals surface area contributed by atoms with Crippen LogP contribution < -0.4 is 10.1 Å². The number of alkyl halides is 5. The van der Waals surface area contributed by atoms with Gasteiger partial charge in [0.05, 0.1) is 0 Å². The largest absolute Gasteiger partial charge is 0.573 e. The molecule has 1 fully saturated rings. The average Bonchev–Trinajstić information content (AvgIpc) is 2.44. The molecule has 0 saturated carbocycles. The van der Waals surface area contributed by atoms with Gasteiger partial charge in [0.2, 0.25) is 6.43 Å². The summed E-state index contributed by atoms with van der Waals surface area (Å²) in [4.78, 5) is 1.86. The minimum Gasteiger partial charge on any atom is -0.406 e. The van der Waals surface area contributed by atoms with Gasteiger partial charge in [-0.25, -0.2) is 8.78 Å². The molecule has 1 aliphatic heterocycles. The second-order valence-corrected chi connectivity index (χ2v) is 5.05. The van der Waals surface area contributed by atoms with Crippen LogP contribution in [0, 0.1) is 0 Å². The average molecular weight is 324 g/mol. The van der Waals surface area contributed by atoms with E-state index in [1.807, 2.05) is 4.90 Å². The highest BCUT2D eigenvalue weighted by atomic mass is 19.4. The van der Waals surface area contributed by atoms with Crippen molar-refractivity contribution in [3.05, 3.63) is 29.8 Å². The summed E-state index contributed by atoms with van der Waals surface area (Å²) in [5.41, 5.74) is 0.406. The quantitative estimate of drug-likeness (QED) is 0.842. The van der Waals surface area contributed by atoms with Gasteiger partial charge in [0.1, 0.15) is 5.75 Å². The van der Waals surface area contributed by atoms with E-state index in [1.54, 1.807) is 6.07 Å². The van der Waals surface area contributed by atoms with Crippen LogP contribution in [0.25, 0.3) is 0 Å². The van der Waals surface area contributed by atoms with Crippen molar-refractivity contribution < 1.29 is 26.7 Å². The molecule has 0 aliphatic carbocycles. The third-order valence-electron chi connectivity index (χ3n) is 3.47. The van der Waals surface area contributed by atoms with E-state index < -0.39 is 25.3 Å². The number of benzene rings is 1. The maximum Gasteiger partial charge on any atom is 0.573 e. The van der Waals surface area contributed by atoms with Crippen molar-refractivity contribution in [2.75, 3.05) is 26.2 Å². The molecule has 1 atom stereocenters. The smallest absolute Gasteiger partial charge is 0.406 e. The molecule has 1 heterocycles. The molecule has 2 rings (SSSR count). The first-order chi connectivity index (χ1) is 10.3. The third-order valence-corrected chi connectivity index (χ3v) is 3.47. The van der Waals surface area contributed by atoms with Gasteiger partial charge in [-0.2, -0.15) is 0 Å². The van der Waals surface area contributed by atoms with Gasteiger partial charge in [0, 0.05) is 38.6 Å². The maximum atomic E-state index is 12.8. The maximum absolute atomic E-state index is 12.8. The molecular weight excluding hydrogens is 307 g/mol. The predicted molar refractivity (Wildman–Crippen MR) is 70.9 cm³/mol. The normalized spacial score (nSPS) is 18.5. The van der Waals surface area contributed by atoms with Crippen molar-refractivity contribution >= 4 is 0 Å². The van der Waals surface area contributed by atoms with E-state index in [1.165, 1.54) is 12.1 Å². The van der Waals surface area contributed by atoms with Gasteiger partial charge in [-0.3, -0.25) is 4.90 Å². The topological polar surface area (TPSA) is 24.5 Å². The number of hydrogen-bond acceptors (Lipinski definition) is 3. The number of nitrogens with one attached hydrogen (secondary N) is 1. The van der Waals surface area contributed by atoms with Crippen LogP contribution in [-0.4, -0.2) is 43.9 Å². The summed E-state index contributed by atoms with van der Waals surface area (Å²) in [6.45, 7) is 2.47. The fourth-order valence-electron chi connectivity index (χ4n) is 2.58. The van der Waals surface area contributed by atoms with Gasteiger partial charge < -0.3 is 10.1 Å². The van der Waals surface area contributed by atoms with E-state index in [0.717, 1.165) is 6.07 Å². The van der Waals surface area contributed by atoms with Crippen molar-refractivity contribution in [2.24, 2.45) is 0 Å². The molecule has 0 bridgehead atoms. The molecule has 0 amide bonds. The van der Waals surface area contributed by atoms with Crippen LogP contribution >= 0.6 is 0 Å². The molecule has 3 nitrogen and oxygen atoms in total. The Bertz CT molecular complexity index is 475. The summed E-state index contributed by atoms with van der Waals surface area (Å²) in [5.74, 6) is -0.389. The number of ether oxygens (including phenoxy) is 1. The summed E-state index contributed by atoms with van der Waals surface area (Å²) in [7, 11) is 0. The molecule has 1 saturated heterocycles. The van der Waals surface area contributed by atoms with Crippen LogP contribution in [-0.2, 0) is 0 Å². The SMILES string of the molecule is FC(F)C[C@H](c1cccc(OC(F)(F)F)c1)N1CCNCC1. The third kappa shape index (κ3) is 5.10. The number of nitrogens with zero attached hydrogens (tertiary/aromatic N) is 1. The van der Waals surface area contributed by atoms with Gasteiger partial charge >= 0.3 is 6.36 Å². The monoisotopic (exact) mass is 324 g/mol. The van der Waals surface area contributed by atoms with E-state index in [0.29, 0.717) is 31.7 Å². The lowest BCUT2D eigenvalue weighted by atomic mass is 10.0. The van der Waals surface area contributed by atoms with Crippen LogP contribution in [0.4, 0.5) is 22.0 Å². The van der Waals surface area contributed by atoms with Crippen molar-refractivity contribution in [1.29, 1.82) is 0 Å². The molecule has 8 heteroatoms. The van der Waals surface area contributed by atoms with Gasteiger partial charge in [0.25, 0.3) is 0 Å². The lowest BCUT2D eigenvalue weighted by Crippen LogP contribution is -2.45. The summed E-state index contributed by atoms with van der Waals surface area (Å²) < 4.78 is 66.4. The van der Waals surface area contributed by atoms with E-state index in [2.05, 4.69) is 10.1 Å². The molecule has 1 N–H and O–H groups in total. The van der Waals surface area contributed by atoms with Gasteiger partial charge in [-0.05, 0) is 17.7 Å². The minimum atomic E-state index is -4.80. The summed E-state index contributed by atoms with van der Waals surface area (Å²) >= 11 is 0. The number of piperazine rings is 1. The number of rotatable bonds is 5. The molecule has 0 radical (unpaired) electrons. The first kappa shape index (κ1) is 17.0. The fraction of sp³-hybridized carbons (Fsp3) is 0.571. The predicted octanol–water partition coefficient (Wildman–Crippen LogP) is 3.19. The van der Waals surface area contributed by atoms with E-state index in [9.17, 15) is 22.0 Å². The highest BCUT2D eigenvalue weighted by Crippen LogP contribution is 2.31. The van der Waals surface area contributed by atoms with Gasteiger partial charge in [0.15, 0.2) is 0 Å². The van der Waals surface area contributed by atoms with Crippen LogP contribution in [0.2, 0.25) is 0 Å². The molecular formula is C14H17F5N2O. The van der Waals surface area contributed by atoms with Crippen LogP contribution in [0.5, 0.6) is 5.75 Å². The lowest BCUT2D eigenvalue weighted by molar-refractivity contribution is -0.274. The van der Waals surface area contributed by atoms with Crippen molar-refractivity contribution in [3.63, 3.8) is 0 Å². The van der Waals surface area contributed by atoms with Crippen molar-refractivity contribution in [2.45, 2.75) is 25.3 Å². The van der Waals surface area contributed by atoms with Crippen molar-refractivity contribution in [3.8, 4) is 5.75 Å². The Labute approximate surface area is 125 Å². The summed E-state index contributed by atoms with van der Waals surface area (Å²) in [6.07, 6.45) is -7.76. The second-order valence-electron chi connectivity index (χ2n) is 5.05. The minimum absolute atomic E-state index is 0.389. The highest BCUT2D eigenvalue weighted by molar-refractivity contribution is 5.31. The van der Waals surface area contributed by atoms with E-state index >= 15 is 0 Å². The molecule has 1 aromatic rings. The molecule has 1 aromatic carbocycles. The Morgan fingerprint density at radius 1 is 1.18 bits per heavy atom. The number of halogens is 5. The molecule has 124 valence electrons. The summed E-state index contributed by atoms with van der Waals surface area (Å²) in [6, 6.07) is 4.66. The first-order valence-corrected chi connectivity index (χ1v) is 6.94.